The van der Waals surface area contributed by atoms with Crippen molar-refractivity contribution in [3.63, 3.8) is 0 Å². The van der Waals surface area contributed by atoms with Crippen molar-refractivity contribution < 1.29 is 4.79 Å². The Morgan fingerprint density at radius 2 is 1.82 bits per heavy atom. The molecule has 2 aromatic carbocycles. The van der Waals surface area contributed by atoms with Gasteiger partial charge < -0.3 is 4.57 Å². The molecule has 4 aromatic rings. The van der Waals surface area contributed by atoms with Gasteiger partial charge in [-0.05, 0) is 29.8 Å². The van der Waals surface area contributed by atoms with Gasteiger partial charge in [-0.15, -0.1) is 0 Å². The fourth-order valence-corrected chi connectivity index (χ4v) is 3.24. The minimum atomic E-state index is -0.279. The summed E-state index contributed by atoms with van der Waals surface area (Å²) >= 11 is 6.32. The van der Waals surface area contributed by atoms with Crippen LogP contribution in [0.1, 0.15) is 21.5 Å². The summed E-state index contributed by atoms with van der Waals surface area (Å²) in [4.78, 5) is 16.0. The van der Waals surface area contributed by atoms with E-state index >= 15 is 0 Å². The summed E-state index contributed by atoms with van der Waals surface area (Å²) < 4.78 is 2.13. The van der Waals surface area contributed by atoms with E-state index in [4.69, 9.17) is 11.6 Å². The van der Waals surface area contributed by atoms with Crippen LogP contribution in [-0.4, -0.2) is 21.7 Å². The van der Waals surface area contributed by atoms with Gasteiger partial charge in [-0.2, -0.15) is 5.10 Å². The second-order valence-electron chi connectivity index (χ2n) is 6.26. The molecule has 0 fully saturated rings. The van der Waals surface area contributed by atoms with Gasteiger partial charge in [0.1, 0.15) is 0 Å². The van der Waals surface area contributed by atoms with Crippen molar-refractivity contribution in [3.05, 3.63) is 101 Å². The SMILES string of the molecule is O=C(N/N=C/c1cn(Cc2ccccc2Cl)c2ccccc12)c1ccncc1. The average Bonchev–Trinajstić information content (AvgIpc) is 3.08. The Hall–Kier alpha value is -3.44. The van der Waals surface area contributed by atoms with Gasteiger partial charge >= 0.3 is 0 Å². The summed E-state index contributed by atoms with van der Waals surface area (Å²) in [6.45, 7) is 0.650. The molecule has 0 aliphatic carbocycles. The predicted octanol–water partition coefficient (Wildman–Crippen LogP) is 4.50. The van der Waals surface area contributed by atoms with Crippen LogP contribution in [0.3, 0.4) is 0 Å². The lowest BCUT2D eigenvalue weighted by Gasteiger charge is -2.07. The lowest BCUT2D eigenvalue weighted by atomic mass is 10.2. The highest BCUT2D eigenvalue weighted by molar-refractivity contribution is 6.31. The number of rotatable bonds is 5. The Kier molecular flexibility index (Phi) is 5.17. The Labute approximate surface area is 167 Å². The number of hydrogen-bond acceptors (Lipinski definition) is 3. The first-order chi connectivity index (χ1) is 13.7. The van der Waals surface area contributed by atoms with E-state index in [1.807, 2.05) is 48.7 Å². The van der Waals surface area contributed by atoms with Gasteiger partial charge in [0.05, 0.1) is 6.21 Å². The summed E-state index contributed by atoms with van der Waals surface area (Å²) in [5.74, 6) is -0.279. The maximum atomic E-state index is 12.1. The smallest absolute Gasteiger partial charge is 0.271 e. The van der Waals surface area contributed by atoms with Gasteiger partial charge in [0, 0.05) is 52.2 Å². The average molecular weight is 389 g/mol. The summed E-state index contributed by atoms with van der Waals surface area (Å²) in [6, 6.07) is 19.1. The Balaban J connectivity index is 1.59. The largest absolute Gasteiger partial charge is 0.342 e. The number of halogens is 1. The van der Waals surface area contributed by atoms with Gasteiger partial charge in [0.15, 0.2) is 0 Å². The number of nitrogens with one attached hydrogen (secondary N) is 1. The van der Waals surface area contributed by atoms with Gasteiger partial charge in [-0.1, -0.05) is 48.0 Å². The third kappa shape index (κ3) is 3.80. The van der Waals surface area contributed by atoms with Crippen LogP contribution in [0.15, 0.2) is 84.4 Å². The first-order valence-electron chi connectivity index (χ1n) is 8.77. The van der Waals surface area contributed by atoms with Crippen LogP contribution in [0.25, 0.3) is 10.9 Å². The summed E-state index contributed by atoms with van der Waals surface area (Å²) in [7, 11) is 0. The van der Waals surface area contributed by atoms with Crippen molar-refractivity contribution in [2.45, 2.75) is 6.54 Å². The molecule has 0 saturated heterocycles. The molecule has 1 amide bonds. The number of amides is 1. The molecule has 2 aromatic heterocycles. The second-order valence-corrected chi connectivity index (χ2v) is 6.66. The number of pyridine rings is 1. The van der Waals surface area contributed by atoms with Crippen molar-refractivity contribution in [2.24, 2.45) is 5.10 Å². The molecule has 0 aliphatic heterocycles. The van der Waals surface area contributed by atoms with E-state index in [0.717, 1.165) is 27.1 Å². The standard InChI is InChI=1S/C22H17ClN4O/c23-20-7-3-1-5-17(20)14-27-15-18(19-6-2-4-8-21(19)27)13-25-26-22(28)16-9-11-24-12-10-16/h1-13,15H,14H2,(H,26,28)/b25-13+. The van der Waals surface area contributed by atoms with Gasteiger partial charge in [0.2, 0.25) is 0 Å². The number of para-hydroxylation sites is 1. The monoisotopic (exact) mass is 388 g/mol. The van der Waals surface area contributed by atoms with E-state index in [1.54, 1.807) is 30.7 Å². The van der Waals surface area contributed by atoms with E-state index in [-0.39, 0.29) is 5.91 Å². The number of fused-ring (bicyclic) bond motifs is 1. The fourth-order valence-electron chi connectivity index (χ4n) is 3.05. The molecule has 138 valence electrons. The first-order valence-corrected chi connectivity index (χ1v) is 9.15. The molecule has 0 saturated carbocycles. The highest BCUT2D eigenvalue weighted by Crippen LogP contribution is 2.23. The number of aromatic nitrogens is 2. The van der Waals surface area contributed by atoms with Gasteiger partial charge in [-0.3, -0.25) is 9.78 Å². The fraction of sp³-hybridized carbons (Fsp3) is 0.0455. The normalized spacial score (nSPS) is 11.2. The zero-order valence-corrected chi connectivity index (χ0v) is 15.7. The van der Waals surface area contributed by atoms with E-state index in [0.29, 0.717) is 12.1 Å². The predicted molar refractivity (Wildman–Crippen MR) is 112 cm³/mol. The number of carbonyl (C=O) groups is 1. The molecule has 6 heteroatoms. The minimum Gasteiger partial charge on any atom is -0.342 e. The van der Waals surface area contributed by atoms with E-state index < -0.39 is 0 Å². The lowest BCUT2D eigenvalue weighted by molar-refractivity contribution is 0.0955. The summed E-state index contributed by atoms with van der Waals surface area (Å²) in [6.07, 6.45) is 6.81. The third-order valence-corrected chi connectivity index (χ3v) is 4.80. The van der Waals surface area contributed by atoms with Crippen LogP contribution in [0.5, 0.6) is 0 Å². The summed E-state index contributed by atoms with van der Waals surface area (Å²) in [5, 5.41) is 5.91. The van der Waals surface area contributed by atoms with Crippen molar-refractivity contribution >= 4 is 34.6 Å². The topological polar surface area (TPSA) is 59.3 Å². The van der Waals surface area contributed by atoms with Crippen LogP contribution < -0.4 is 5.43 Å². The number of hydrogen-bond donors (Lipinski definition) is 1. The molecular formula is C22H17ClN4O. The van der Waals surface area contributed by atoms with E-state index in [2.05, 4.69) is 26.1 Å². The van der Waals surface area contributed by atoms with E-state index in [9.17, 15) is 4.79 Å². The van der Waals surface area contributed by atoms with Crippen LogP contribution in [0.2, 0.25) is 5.02 Å². The van der Waals surface area contributed by atoms with Crippen molar-refractivity contribution in [2.75, 3.05) is 0 Å². The van der Waals surface area contributed by atoms with E-state index in [1.165, 1.54) is 0 Å². The maximum Gasteiger partial charge on any atom is 0.271 e. The molecular weight excluding hydrogens is 372 g/mol. The molecule has 2 heterocycles. The van der Waals surface area contributed by atoms with Crippen LogP contribution >= 0.6 is 11.6 Å². The minimum absolute atomic E-state index is 0.279. The molecule has 5 nitrogen and oxygen atoms in total. The molecule has 0 aliphatic rings. The third-order valence-electron chi connectivity index (χ3n) is 4.43. The Morgan fingerprint density at radius 1 is 1.07 bits per heavy atom. The van der Waals surface area contributed by atoms with Crippen LogP contribution in [0, 0.1) is 0 Å². The van der Waals surface area contributed by atoms with Crippen LogP contribution in [0.4, 0.5) is 0 Å². The first kappa shape index (κ1) is 17.9. The number of carbonyl (C=O) groups excluding carboxylic acids is 1. The van der Waals surface area contributed by atoms with Crippen molar-refractivity contribution in [1.82, 2.24) is 15.0 Å². The molecule has 4 rings (SSSR count). The molecule has 0 spiro atoms. The lowest BCUT2D eigenvalue weighted by Crippen LogP contribution is -2.17. The quantitative estimate of drug-likeness (QED) is 0.404. The van der Waals surface area contributed by atoms with Gasteiger partial charge in [0.25, 0.3) is 5.91 Å². The van der Waals surface area contributed by atoms with Crippen molar-refractivity contribution in [1.29, 1.82) is 0 Å². The Morgan fingerprint density at radius 3 is 2.64 bits per heavy atom. The Bertz CT molecular complexity index is 1150. The van der Waals surface area contributed by atoms with Crippen molar-refractivity contribution in [3.8, 4) is 0 Å². The molecule has 0 bridgehead atoms. The van der Waals surface area contributed by atoms with Crippen LogP contribution in [-0.2, 0) is 6.54 Å². The zero-order valence-electron chi connectivity index (χ0n) is 14.9. The summed E-state index contributed by atoms with van der Waals surface area (Å²) in [5.41, 5.74) is 6.09. The molecule has 1 N–H and O–H groups in total. The highest BCUT2D eigenvalue weighted by atomic mass is 35.5. The second kappa shape index (κ2) is 8.06. The number of benzene rings is 2. The molecule has 0 radical (unpaired) electrons. The molecule has 0 atom stereocenters. The molecule has 28 heavy (non-hydrogen) atoms. The van der Waals surface area contributed by atoms with Gasteiger partial charge in [-0.25, -0.2) is 5.43 Å². The number of hydrazone groups is 1. The maximum absolute atomic E-state index is 12.1. The number of nitrogens with zero attached hydrogens (tertiary/aromatic N) is 3. The zero-order chi connectivity index (χ0) is 19.3. The molecule has 0 unspecified atom stereocenters. The highest BCUT2D eigenvalue weighted by Gasteiger charge is 2.09.